The summed E-state index contributed by atoms with van der Waals surface area (Å²) in [5, 5.41) is 3.42. The summed E-state index contributed by atoms with van der Waals surface area (Å²) in [7, 11) is 0. The molecule has 1 aliphatic rings. The van der Waals surface area contributed by atoms with Crippen LogP contribution in [0.4, 0.5) is 32.0 Å². The molecule has 3 nitrogen and oxygen atoms in total. The summed E-state index contributed by atoms with van der Waals surface area (Å²) in [6, 6.07) is 5.17. The summed E-state index contributed by atoms with van der Waals surface area (Å²) in [5.74, 6) is -7.52. The smallest absolute Gasteiger partial charge is 0.377 e. The minimum atomic E-state index is -5.76. The molecule has 176 valence electrons. The van der Waals surface area contributed by atoms with Gasteiger partial charge in [0.05, 0.1) is 17.5 Å². The van der Waals surface area contributed by atoms with E-state index in [1.165, 1.54) is 18.3 Å². The van der Waals surface area contributed by atoms with Crippen LogP contribution in [-0.2, 0) is 5.41 Å². The van der Waals surface area contributed by atoms with E-state index in [0.29, 0.717) is 21.8 Å². The van der Waals surface area contributed by atoms with Crippen LogP contribution < -0.4 is 5.32 Å². The first kappa shape index (κ1) is 23.6. The Balaban J connectivity index is 1.92. The molecule has 10 heteroatoms. The number of halogens is 7. The highest BCUT2D eigenvalue weighted by Crippen LogP contribution is 2.56. The van der Waals surface area contributed by atoms with Gasteiger partial charge in [0.15, 0.2) is 0 Å². The van der Waals surface area contributed by atoms with Crippen molar-refractivity contribution in [3.8, 4) is 0 Å². The van der Waals surface area contributed by atoms with Crippen molar-refractivity contribution in [3.63, 3.8) is 0 Å². The van der Waals surface area contributed by atoms with Crippen molar-refractivity contribution in [2.45, 2.75) is 50.7 Å². The first-order valence-electron chi connectivity index (χ1n) is 10.1. The van der Waals surface area contributed by atoms with Crippen molar-refractivity contribution in [1.29, 1.82) is 0 Å². The van der Waals surface area contributed by atoms with Crippen molar-refractivity contribution >= 4 is 28.2 Å². The van der Waals surface area contributed by atoms with Crippen LogP contribution >= 0.6 is 11.6 Å². The fraction of sp³-hybridized carbons (Fsp3) is 0.391. The summed E-state index contributed by atoms with van der Waals surface area (Å²) >= 11 is 6.11. The SMILES string of the molecule is Cc1ncc2c(N[C@@H]3c4ccc(Cl)cc4C(C)(C)C[C@H]3C(F)(F)C(F)(F)F)cc(F)cc2n1. The molecule has 0 unspecified atom stereocenters. The Morgan fingerprint density at radius 1 is 1.09 bits per heavy atom. The minimum Gasteiger partial charge on any atom is -0.377 e. The zero-order valence-corrected chi connectivity index (χ0v) is 18.6. The number of fused-ring (bicyclic) bond motifs is 2. The lowest BCUT2D eigenvalue weighted by atomic mass is 9.64. The molecule has 0 saturated carbocycles. The van der Waals surface area contributed by atoms with E-state index in [1.807, 2.05) is 0 Å². The Morgan fingerprint density at radius 2 is 1.79 bits per heavy atom. The molecule has 1 N–H and O–H groups in total. The maximum Gasteiger partial charge on any atom is 0.453 e. The van der Waals surface area contributed by atoms with E-state index in [-0.39, 0.29) is 16.8 Å². The lowest BCUT2D eigenvalue weighted by Gasteiger charge is -2.46. The van der Waals surface area contributed by atoms with Gasteiger partial charge in [0.25, 0.3) is 0 Å². The Hall–Kier alpha value is -2.55. The monoisotopic (exact) mass is 487 g/mol. The highest BCUT2D eigenvalue weighted by Gasteiger charge is 2.65. The topological polar surface area (TPSA) is 37.8 Å². The molecule has 0 spiro atoms. The Morgan fingerprint density at radius 3 is 2.45 bits per heavy atom. The van der Waals surface area contributed by atoms with E-state index in [0.717, 1.165) is 12.1 Å². The highest BCUT2D eigenvalue weighted by molar-refractivity contribution is 6.30. The number of aryl methyl sites for hydroxylation is 1. The number of benzene rings is 2. The van der Waals surface area contributed by atoms with Crippen LogP contribution in [0.5, 0.6) is 0 Å². The molecule has 2 atom stereocenters. The molecule has 2 aromatic carbocycles. The van der Waals surface area contributed by atoms with E-state index in [1.54, 1.807) is 26.8 Å². The zero-order valence-electron chi connectivity index (χ0n) is 17.9. The number of nitrogens with one attached hydrogen (secondary N) is 1. The Kier molecular flexibility index (Phi) is 5.54. The zero-order chi connectivity index (χ0) is 24.3. The van der Waals surface area contributed by atoms with E-state index >= 15 is 0 Å². The lowest BCUT2D eigenvalue weighted by molar-refractivity contribution is -0.307. The van der Waals surface area contributed by atoms with Crippen molar-refractivity contribution in [2.75, 3.05) is 5.32 Å². The van der Waals surface area contributed by atoms with Crippen LogP contribution in [0, 0.1) is 18.7 Å². The molecular formula is C23H20ClF6N3. The molecule has 1 aromatic heterocycles. The number of anilines is 1. The Bertz CT molecular complexity index is 1220. The van der Waals surface area contributed by atoms with Gasteiger partial charge < -0.3 is 5.32 Å². The molecule has 0 saturated heterocycles. The summed E-state index contributed by atoms with van der Waals surface area (Å²) in [4.78, 5) is 8.20. The van der Waals surface area contributed by atoms with Gasteiger partial charge in [0, 0.05) is 28.4 Å². The van der Waals surface area contributed by atoms with Crippen LogP contribution in [0.3, 0.4) is 0 Å². The van der Waals surface area contributed by atoms with Crippen molar-refractivity contribution < 1.29 is 26.3 Å². The third-order valence-corrected chi connectivity index (χ3v) is 6.39. The second-order valence-electron chi connectivity index (χ2n) is 8.97. The number of hydrogen-bond donors (Lipinski definition) is 1. The predicted octanol–water partition coefficient (Wildman–Crippen LogP) is 7.38. The number of nitrogens with zero attached hydrogens (tertiary/aromatic N) is 2. The van der Waals surface area contributed by atoms with Gasteiger partial charge in [-0.25, -0.2) is 14.4 Å². The molecule has 0 bridgehead atoms. The second-order valence-corrected chi connectivity index (χ2v) is 9.41. The maximum atomic E-state index is 14.8. The molecule has 1 heterocycles. The summed E-state index contributed by atoms with van der Waals surface area (Å²) in [6.07, 6.45) is -4.86. The van der Waals surface area contributed by atoms with Crippen LogP contribution in [0.15, 0.2) is 36.5 Å². The van der Waals surface area contributed by atoms with E-state index in [9.17, 15) is 26.3 Å². The largest absolute Gasteiger partial charge is 0.453 e. The van der Waals surface area contributed by atoms with Crippen molar-refractivity contribution in [3.05, 3.63) is 64.3 Å². The predicted molar refractivity (Wildman–Crippen MR) is 114 cm³/mol. The average molecular weight is 488 g/mol. The van der Waals surface area contributed by atoms with Crippen molar-refractivity contribution in [2.24, 2.45) is 5.92 Å². The van der Waals surface area contributed by atoms with Gasteiger partial charge in [-0.2, -0.15) is 22.0 Å². The van der Waals surface area contributed by atoms with Gasteiger partial charge in [-0.1, -0.05) is 31.5 Å². The maximum absolute atomic E-state index is 14.8. The van der Waals surface area contributed by atoms with Gasteiger partial charge in [-0.3, -0.25) is 0 Å². The van der Waals surface area contributed by atoms with E-state index < -0.39 is 41.7 Å². The Labute approximate surface area is 191 Å². The summed E-state index contributed by atoms with van der Waals surface area (Å²) in [6.45, 7) is 4.80. The highest BCUT2D eigenvalue weighted by atomic mass is 35.5. The van der Waals surface area contributed by atoms with Gasteiger partial charge in [-0.05, 0) is 48.1 Å². The number of aromatic nitrogens is 2. The molecule has 0 radical (unpaired) electrons. The molecule has 4 rings (SSSR count). The fourth-order valence-corrected chi connectivity index (χ4v) is 4.76. The lowest BCUT2D eigenvalue weighted by Crippen LogP contribution is -2.51. The molecule has 1 aliphatic carbocycles. The first-order valence-corrected chi connectivity index (χ1v) is 10.5. The van der Waals surface area contributed by atoms with E-state index in [4.69, 9.17) is 11.6 Å². The van der Waals surface area contributed by atoms with Gasteiger partial charge >= 0.3 is 12.1 Å². The standard InChI is InChI=1S/C23H20ClF6N3/c1-11-31-10-15-18(32-11)7-13(25)8-19(15)33-20-14-5-4-12(24)6-16(14)21(2,3)9-17(20)22(26,27)23(28,29)30/h4-8,10,17,20,33H,9H2,1-3H3/t17-,20-/m1/s1. The normalized spacial score (nSPS) is 20.5. The molecule has 0 fully saturated rings. The quantitative estimate of drug-likeness (QED) is 0.392. The number of rotatable bonds is 3. The molecule has 3 aromatic rings. The minimum absolute atomic E-state index is 0.0265. The van der Waals surface area contributed by atoms with Crippen LogP contribution in [0.1, 0.15) is 43.3 Å². The second kappa shape index (κ2) is 7.75. The van der Waals surface area contributed by atoms with Crippen LogP contribution in [-0.4, -0.2) is 22.1 Å². The van der Waals surface area contributed by atoms with E-state index in [2.05, 4.69) is 15.3 Å². The fourth-order valence-electron chi connectivity index (χ4n) is 4.59. The molecule has 0 aliphatic heterocycles. The summed E-state index contributed by atoms with van der Waals surface area (Å²) in [5.41, 5.74) is 0.0156. The van der Waals surface area contributed by atoms with Gasteiger partial charge in [-0.15, -0.1) is 0 Å². The number of alkyl halides is 5. The molecular weight excluding hydrogens is 468 g/mol. The third kappa shape index (κ3) is 4.11. The average Bonchev–Trinajstić information content (AvgIpc) is 2.68. The van der Waals surface area contributed by atoms with Crippen LogP contribution in [0.25, 0.3) is 10.9 Å². The number of hydrogen-bond acceptors (Lipinski definition) is 3. The molecule has 33 heavy (non-hydrogen) atoms. The third-order valence-electron chi connectivity index (χ3n) is 6.15. The molecule has 0 amide bonds. The van der Waals surface area contributed by atoms with Gasteiger partial charge in [0.1, 0.15) is 11.6 Å². The first-order chi connectivity index (χ1) is 15.2. The summed E-state index contributed by atoms with van der Waals surface area (Å²) < 4.78 is 84.5. The van der Waals surface area contributed by atoms with Gasteiger partial charge in [0.2, 0.25) is 0 Å². The van der Waals surface area contributed by atoms with Crippen molar-refractivity contribution in [1.82, 2.24) is 9.97 Å². The van der Waals surface area contributed by atoms with Crippen LogP contribution in [0.2, 0.25) is 5.02 Å².